The predicted molar refractivity (Wildman–Crippen MR) is 110 cm³/mol. The van der Waals surface area contributed by atoms with Crippen molar-refractivity contribution < 1.29 is 17.9 Å². The average molecular weight is 416 g/mol. The topological polar surface area (TPSA) is 55.8 Å². The van der Waals surface area contributed by atoms with Crippen molar-refractivity contribution in [3.05, 3.63) is 76.0 Å². The van der Waals surface area contributed by atoms with Crippen LogP contribution in [-0.4, -0.2) is 33.5 Å². The van der Waals surface area contributed by atoms with Crippen LogP contribution in [0.4, 0.5) is 0 Å². The molecule has 0 N–H and O–H groups in total. The molecule has 0 saturated carbocycles. The molecule has 0 radical (unpaired) electrons. The van der Waals surface area contributed by atoms with Crippen LogP contribution in [0.2, 0.25) is 0 Å². The number of thiophene rings is 1. The first kappa shape index (κ1) is 19.0. The van der Waals surface area contributed by atoms with E-state index in [0.717, 1.165) is 11.1 Å². The molecule has 1 unspecified atom stereocenters. The maximum atomic E-state index is 13.7. The van der Waals surface area contributed by atoms with E-state index >= 15 is 0 Å². The highest BCUT2D eigenvalue weighted by Gasteiger charge is 2.39. The summed E-state index contributed by atoms with van der Waals surface area (Å²) in [6.07, 6.45) is 0.696. The lowest BCUT2D eigenvalue weighted by molar-refractivity contribution is 0.341. The van der Waals surface area contributed by atoms with Crippen LogP contribution >= 0.6 is 11.3 Å². The summed E-state index contributed by atoms with van der Waals surface area (Å²) in [6, 6.07) is 16.3. The van der Waals surface area contributed by atoms with E-state index in [9.17, 15) is 8.42 Å². The van der Waals surface area contributed by atoms with Crippen LogP contribution in [-0.2, 0) is 16.4 Å². The number of hydrogen-bond donors (Lipinski definition) is 0. The fourth-order valence-corrected chi connectivity index (χ4v) is 6.32. The summed E-state index contributed by atoms with van der Waals surface area (Å²) in [6.45, 7) is 0.412. The Morgan fingerprint density at radius 2 is 1.82 bits per heavy atom. The van der Waals surface area contributed by atoms with Crippen molar-refractivity contribution in [2.45, 2.75) is 17.4 Å². The molecule has 0 bridgehead atoms. The van der Waals surface area contributed by atoms with Crippen LogP contribution in [0, 0.1) is 0 Å². The molecule has 4 rings (SSSR count). The largest absolute Gasteiger partial charge is 0.497 e. The maximum absolute atomic E-state index is 13.7. The Morgan fingerprint density at radius 1 is 1.04 bits per heavy atom. The number of sulfonamides is 1. The number of benzene rings is 2. The second-order valence-electron chi connectivity index (χ2n) is 6.49. The van der Waals surface area contributed by atoms with Gasteiger partial charge >= 0.3 is 0 Å². The molecule has 1 atom stereocenters. The van der Waals surface area contributed by atoms with Crippen LogP contribution < -0.4 is 9.47 Å². The second-order valence-corrected chi connectivity index (χ2v) is 9.35. The van der Waals surface area contributed by atoms with E-state index in [-0.39, 0.29) is 10.9 Å². The lowest BCUT2D eigenvalue weighted by atomic mass is 9.95. The molecular weight excluding hydrogens is 394 g/mol. The molecule has 2 heterocycles. The zero-order valence-electron chi connectivity index (χ0n) is 15.7. The zero-order valence-corrected chi connectivity index (χ0v) is 17.3. The second kappa shape index (κ2) is 7.58. The van der Waals surface area contributed by atoms with Crippen LogP contribution in [0.1, 0.15) is 22.0 Å². The Hall–Kier alpha value is -2.35. The van der Waals surface area contributed by atoms with Crippen molar-refractivity contribution in [3.63, 3.8) is 0 Å². The van der Waals surface area contributed by atoms with Gasteiger partial charge in [-0.1, -0.05) is 30.3 Å². The van der Waals surface area contributed by atoms with Crippen molar-refractivity contribution in [2.75, 3.05) is 20.8 Å². The molecule has 5 nitrogen and oxygen atoms in total. The van der Waals surface area contributed by atoms with Crippen LogP contribution in [0.3, 0.4) is 0 Å². The predicted octanol–water partition coefficient (Wildman–Crippen LogP) is 4.10. The van der Waals surface area contributed by atoms with Gasteiger partial charge in [0.2, 0.25) is 10.0 Å². The van der Waals surface area contributed by atoms with Crippen molar-refractivity contribution in [3.8, 4) is 11.5 Å². The molecule has 146 valence electrons. The van der Waals surface area contributed by atoms with E-state index in [1.54, 1.807) is 27.8 Å². The molecule has 0 fully saturated rings. The highest BCUT2D eigenvalue weighted by atomic mass is 32.2. The molecule has 1 aromatic heterocycles. The number of nitrogens with zero attached hydrogens (tertiary/aromatic N) is 1. The number of hydrogen-bond acceptors (Lipinski definition) is 5. The molecule has 1 aliphatic rings. The molecule has 0 amide bonds. The van der Waals surface area contributed by atoms with Crippen molar-refractivity contribution in [2.24, 2.45) is 0 Å². The Bertz CT molecular complexity index is 1080. The van der Waals surface area contributed by atoms with E-state index in [2.05, 4.69) is 0 Å². The first-order valence-electron chi connectivity index (χ1n) is 8.91. The molecule has 2 aromatic carbocycles. The van der Waals surface area contributed by atoms with Gasteiger partial charge in [0.15, 0.2) is 0 Å². The standard InChI is InChI=1S/C21H21NO4S2/c1-25-16-8-9-18(26-2)20(14-16)28(23,24)22-12-10-19-17(11-13-27-19)21(22)15-6-4-3-5-7-15/h3-9,11,13-14,21H,10,12H2,1-2H3. The van der Waals surface area contributed by atoms with Gasteiger partial charge in [-0.3, -0.25) is 0 Å². The number of rotatable bonds is 5. The molecule has 3 aromatic rings. The first-order valence-corrected chi connectivity index (χ1v) is 11.2. The third-order valence-electron chi connectivity index (χ3n) is 4.99. The third-order valence-corrected chi connectivity index (χ3v) is 7.88. The fraction of sp³-hybridized carbons (Fsp3) is 0.238. The molecular formula is C21H21NO4S2. The van der Waals surface area contributed by atoms with E-state index in [4.69, 9.17) is 9.47 Å². The van der Waals surface area contributed by atoms with Crippen molar-refractivity contribution in [1.29, 1.82) is 0 Å². The highest BCUT2D eigenvalue weighted by Crippen LogP contribution is 2.42. The van der Waals surface area contributed by atoms with Gasteiger partial charge in [-0.2, -0.15) is 4.31 Å². The highest BCUT2D eigenvalue weighted by molar-refractivity contribution is 7.89. The van der Waals surface area contributed by atoms with Gasteiger partial charge in [0.05, 0.1) is 20.3 Å². The van der Waals surface area contributed by atoms with Gasteiger partial charge in [0.25, 0.3) is 0 Å². The van der Waals surface area contributed by atoms with Gasteiger partial charge in [0, 0.05) is 17.5 Å². The summed E-state index contributed by atoms with van der Waals surface area (Å²) in [5, 5.41) is 2.03. The monoisotopic (exact) mass is 415 g/mol. The number of fused-ring (bicyclic) bond motifs is 1. The van der Waals surface area contributed by atoms with Crippen molar-refractivity contribution >= 4 is 21.4 Å². The van der Waals surface area contributed by atoms with E-state index < -0.39 is 10.0 Å². The van der Waals surface area contributed by atoms with Gasteiger partial charge in [-0.25, -0.2) is 8.42 Å². The molecule has 0 spiro atoms. The summed E-state index contributed by atoms with van der Waals surface area (Å²) in [4.78, 5) is 1.35. The Kier molecular flexibility index (Phi) is 5.14. The molecule has 28 heavy (non-hydrogen) atoms. The number of ether oxygens (including phenoxy) is 2. The minimum absolute atomic E-state index is 0.119. The van der Waals surface area contributed by atoms with Gasteiger partial charge in [0.1, 0.15) is 16.4 Å². The molecule has 0 aliphatic carbocycles. The summed E-state index contributed by atoms with van der Waals surface area (Å²) < 4.78 is 39.7. The Labute approximate surface area is 169 Å². The smallest absolute Gasteiger partial charge is 0.247 e. The minimum atomic E-state index is -3.82. The van der Waals surface area contributed by atoms with Gasteiger partial charge in [-0.05, 0) is 41.1 Å². The van der Waals surface area contributed by atoms with Crippen LogP contribution in [0.25, 0.3) is 0 Å². The summed E-state index contributed by atoms with van der Waals surface area (Å²) in [5.74, 6) is 0.785. The summed E-state index contributed by atoms with van der Waals surface area (Å²) in [7, 11) is -0.830. The summed E-state index contributed by atoms with van der Waals surface area (Å²) in [5.41, 5.74) is 2.00. The van der Waals surface area contributed by atoms with Gasteiger partial charge in [-0.15, -0.1) is 11.3 Å². The van der Waals surface area contributed by atoms with Crippen LogP contribution in [0.5, 0.6) is 11.5 Å². The fourth-order valence-electron chi connectivity index (χ4n) is 3.65. The maximum Gasteiger partial charge on any atom is 0.247 e. The third kappa shape index (κ3) is 3.19. The quantitative estimate of drug-likeness (QED) is 0.630. The zero-order chi connectivity index (χ0) is 19.7. The molecule has 0 saturated heterocycles. The van der Waals surface area contributed by atoms with Crippen molar-refractivity contribution in [1.82, 2.24) is 4.31 Å². The van der Waals surface area contributed by atoms with E-state index in [1.165, 1.54) is 25.2 Å². The Balaban J connectivity index is 1.87. The van der Waals surface area contributed by atoms with E-state index in [1.807, 2.05) is 41.8 Å². The SMILES string of the molecule is COc1ccc(OC)c(S(=O)(=O)N2CCc3sccc3C2c2ccccc2)c1. The minimum Gasteiger partial charge on any atom is -0.497 e. The van der Waals surface area contributed by atoms with Gasteiger partial charge < -0.3 is 9.47 Å². The molecule has 7 heteroatoms. The lowest BCUT2D eigenvalue weighted by Crippen LogP contribution is -2.40. The Morgan fingerprint density at radius 3 is 2.54 bits per heavy atom. The number of methoxy groups -OCH3 is 2. The normalized spacial score (nSPS) is 17.1. The molecule has 1 aliphatic heterocycles. The summed E-state index contributed by atoms with van der Waals surface area (Å²) >= 11 is 1.68. The lowest BCUT2D eigenvalue weighted by Gasteiger charge is -2.35. The average Bonchev–Trinajstić information content (AvgIpc) is 3.22. The first-order chi connectivity index (χ1) is 13.6. The van der Waals surface area contributed by atoms with E-state index in [0.29, 0.717) is 24.5 Å². The van der Waals surface area contributed by atoms with Crippen LogP contribution in [0.15, 0.2) is 64.9 Å².